The van der Waals surface area contributed by atoms with Crippen LogP contribution in [0.1, 0.15) is 17.2 Å². The highest BCUT2D eigenvalue weighted by molar-refractivity contribution is 5.95. The zero-order valence-corrected chi connectivity index (χ0v) is 10.00. The maximum Gasteiger partial charge on any atom is 0.245 e. The van der Waals surface area contributed by atoms with E-state index in [1.807, 2.05) is 31.2 Å². The van der Waals surface area contributed by atoms with Crippen molar-refractivity contribution in [1.29, 1.82) is 0 Å². The van der Waals surface area contributed by atoms with Crippen molar-refractivity contribution in [2.45, 2.75) is 13.0 Å². The van der Waals surface area contributed by atoms with Gasteiger partial charge >= 0.3 is 0 Å². The van der Waals surface area contributed by atoms with Crippen LogP contribution < -0.4 is 11.1 Å². The van der Waals surface area contributed by atoms with E-state index in [2.05, 4.69) is 15.3 Å². The summed E-state index contributed by atoms with van der Waals surface area (Å²) in [6, 6.07) is 6.84. The molecule has 2 rings (SSSR count). The third-order valence-corrected chi connectivity index (χ3v) is 2.55. The van der Waals surface area contributed by atoms with Crippen molar-refractivity contribution >= 4 is 11.6 Å². The van der Waals surface area contributed by atoms with Crippen LogP contribution in [-0.4, -0.2) is 15.9 Å². The van der Waals surface area contributed by atoms with Crippen LogP contribution in [0.2, 0.25) is 0 Å². The fraction of sp³-hybridized carbons (Fsp3) is 0.154. The van der Waals surface area contributed by atoms with Crippen LogP contribution in [0.3, 0.4) is 0 Å². The van der Waals surface area contributed by atoms with Crippen molar-refractivity contribution in [3.63, 3.8) is 0 Å². The molecular formula is C13H14N4O. The number of benzene rings is 1. The lowest BCUT2D eigenvalue weighted by Gasteiger charge is -2.12. The molecule has 1 aromatic heterocycles. The first-order valence-electron chi connectivity index (χ1n) is 5.55. The third kappa shape index (κ3) is 2.89. The van der Waals surface area contributed by atoms with Gasteiger partial charge in [-0.25, -0.2) is 9.97 Å². The summed E-state index contributed by atoms with van der Waals surface area (Å²) in [5.74, 6) is -0.284. The summed E-state index contributed by atoms with van der Waals surface area (Å²) in [5.41, 5.74) is 8.32. The zero-order chi connectivity index (χ0) is 13.0. The van der Waals surface area contributed by atoms with Crippen molar-refractivity contribution in [2.75, 3.05) is 5.32 Å². The van der Waals surface area contributed by atoms with Crippen molar-refractivity contribution in [3.8, 4) is 0 Å². The predicted molar refractivity (Wildman–Crippen MR) is 68.8 cm³/mol. The van der Waals surface area contributed by atoms with Crippen LogP contribution in [0.25, 0.3) is 0 Å². The average molecular weight is 242 g/mol. The maximum absolute atomic E-state index is 11.9. The number of nitrogens with zero attached hydrogens (tertiary/aromatic N) is 2. The van der Waals surface area contributed by atoms with Gasteiger partial charge in [0.1, 0.15) is 12.4 Å². The van der Waals surface area contributed by atoms with Crippen molar-refractivity contribution < 1.29 is 4.79 Å². The Balaban J connectivity index is 2.07. The minimum absolute atomic E-state index is 0.284. The van der Waals surface area contributed by atoms with Crippen molar-refractivity contribution in [1.82, 2.24) is 9.97 Å². The Hall–Kier alpha value is -2.27. The summed E-state index contributed by atoms with van der Waals surface area (Å²) in [5, 5.41) is 2.67. The molecule has 5 nitrogen and oxygen atoms in total. The Kier molecular flexibility index (Phi) is 3.64. The molecule has 0 radical (unpaired) electrons. The van der Waals surface area contributed by atoms with Crippen LogP contribution in [-0.2, 0) is 4.79 Å². The number of carbonyl (C=O) groups is 1. The molecule has 1 amide bonds. The molecule has 5 heteroatoms. The van der Waals surface area contributed by atoms with Crippen LogP contribution in [0.5, 0.6) is 0 Å². The highest BCUT2D eigenvalue weighted by atomic mass is 16.2. The minimum Gasteiger partial charge on any atom is -0.322 e. The fourth-order valence-electron chi connectivity index (χ4n) is 1.51. The number of nitrogens with one attached hydrogen (secondary N) is 1. The Labute approximate surface area is 105 Å². The van der Waals surface area contributed by atoms with Gasteiger partial charge in [0, 0.05) is 0 Å². The lowest BCUT2D eigenvalue weighted by molar-refractivity contribution is -0.117. The van der Waals surface area contributed by atoms with Gasteiger partial charge in [0.25, 0.3) is 0 Å². The number of carbonyl (C=O) groups excluding carboxylic acids is 1. The summed E-state index contributed by atoms with van der Waals surface area (Å²) in [6.07, 6.45) is 4.44. The number of hydrogen-bond donors (Lipinski definition) is 2. The number of aromatic nitrogens is 2. The van der Waals surface area contributed by atoms with Gasteiger partial charge in [0.05, 0.1) is 18.1 Å². The number of amides is 1. The van der Waals surface area contributed by atoms with Crippen LogP contribution in [0.4, 0.5) is 5.69 Å². The van der Waals surface area contributed by atoms with Gasteiger partial charge in [-0.1, -0.05) is 29.8 Å². The monoisotopic (exact) mass is 242 g/mol. The molecule has 2 aromatic rings. The first-order valence-corrected chi connectivity index (χ1v) is 5.55. The van der Waals surface area contributed by atoms with E-state index in [-0.39, 0.29) is 5.91 Å². The van der Waals surface area contributed by atoms with Crippen LogP contribution in [0.15, 0.2) is 43.0 Å². The SMILES string of the molecule is Cc1ccc(C(N)C(=O)Nc2cncnc2)cc1. The summed E-state index contributed by atoms with van der Waals surface area (Å²) >= 11 is 0. The molecule has 0 spiro atoms. The Bertz CT molecular complexity index is 524. The first-order chi connectivity index (χ1) is 8.66. The second kappa shape index (κ2) is 5.37. The van der Waals surface area contributed by atoms with Gasteiger partial charge in [0.15, 0.2) is 0 Å². The molecule has 0 bridgehead atoms. The maximum atomic E-state index is 11.9. The molecule has 1 atom stereocenters. The number of anilines is 1. The van der Waals surface area contributed by atoms with E-state index in [0.717, 1.165) is 11.1 Å². The lowest BCUT2D eigenvalue weighted by Crippen LogP contribution is -2.27. The third-order valence-electron chi connectivity index (χ3n) is 2.55. The van der Waals surface area contributed by atoms with E-state index in [9.17, 15) is 4.79 Å². The van der Waals surface area contributed by atoms with Gasteiger partial charge < -0.3 is 11.1 Å². The highest BCUT2D eigenvalue weighted by Gasteiger charge is 2.15. The fourth-order valence-corrected chi connectivity index (χ4v) is 1.51. The molecule has 0 aliphatic heterocycles. The van der Waals surface area contributed by atoms with Gasteiger partial charge in [-0.2, -0.15) is 0 Å². The Morgan fingerprint density at radius 3 is 2.44 bits per heavy atom. The molecule has 1 unspecified atom stereocenters. The molecule has 0 saturated heterocycles. The van der Waals surface area contributed by atoms with Gasteiger partial charge in [-0.3, -0.25) is 4.79 Å². The van der Waals surface area contributed by atoms with E-state index >= 15 is 0 Å². The van der Waals surface area contributed by atoms with Crippen LogP contribution in [0, 0.1) is 6.92 Å². The summed E-state index contributed by atoms with van der Waals surface area (Å²) in [6.45, 7) is 1.98. The zero-order valence-electron chi connectivity index (χ0n) is 10.00. The Morgan fingerprint density at radius 1 is 1.22 bits per heavy atom. The molecule has 0 saturated carbocycles. The standard InChI is InChI=1S/C13H14N4O/c1-9-2-4-10(5-3-9)12(14)13(18)17-11-6-15-8-16-7-11/h2-8,12H,14H2,1H3,(H,17,18). The van der Waals surface area contributed by atoms with E-state index in [0.29, 0.717) is 5.69 Å². The number of aryl methyl sites for hydroxylation is 1. The van der Waals surface area contributed by atoms with E-state index in [1.165, 1.54) is 18.7 Å². The van der Waals surface area contributed by atoms with E-state index < -0.39 is 6.04 Å². The van der Waals surface area contributed by atoms with E-state index in [4.69, 9.17) is 5.73 Å². The van der Waals surface area contributed by atoms with Crippen LogP contribution >= 0.6 is 0 Å². The minimum atomic E-state index is -0.703. The second-order valence-electron chi connectivity index (χ2n) is 4.00. The summed E-state index contributed by atoms with van der Waals surface area (Å²) in [7, 11) is 0. The van der Waals surface area contributed by atoms with Crippen molar-refractivity contribution in [2.24, 2.45) is 5.73 Å². The molecule has 0 fully saturated rings. The summed E-state index contributed by atoms with van der Waals surface area (Å²) < 4.78 is 0. The quantitative estimate of drug-likeness (QED) is 0.853. The number of rotatable bonds is 3. The lowest BCUT2D eigenvalue weighted by atomic mass is 10.1. The van der Waals surface area contributed by atoms with Gasteiger partial charge in [0.2, 0.25) is 5.91 Å². The molecule has 18 heavy (non-hydrogen) atoms. The number of hydrogen-bond acceptors (Lipinski definition) is 4. The molecule has 3 N–H and O–H groups in total. The predicted octanol–water partition coefficient (Wildman–Crippen LogP) is 1.42. The molecule has 0 aliphatic carbocycles. The van der Waals surface area contributed by atoms with Gasteiger partial charge in [-0.05, 0) is 12.5 Å². The first kappa shape index (κ1) is 12.2. The molecule has 1 heterocycles. The van der Waals surface area contributed by atoms with Gasteiger partial charge in [-0.15, -0.1) is 0 Å². The Morgan fingerprint density at radius 2 is 1.83 bits per heavy atom. The second-order valence-corrected chi connectivity index (χ2v) is 4.00. The molecule has 1 aromatic carbocycles. The smallest absolute Gasteiger partial charge is 0.245 e. The summed E-state index contributed by atoms with van der Waals surface area (Å²) in [4.78, 5) is 19.5. The molecular weight excluding hydrogens is 228 g/mol. The van der Waals surface area contributed by atoms with Crippen molar-refractivity contribution in [3.05, 3.63) is 54.1 Å². The molecule has 92 valence electrons. The largest absolute Gasteiger partial charge is 0.322 e. The topological polar surface area (TPSA) is 80.9 Å². The average Bonchev–Trinajstić information content (AvgIpc) is 2.40. The number of nitrogens with two attached hydrogens (primary N) is 1. The molecule has 0 aliphatic rings. The normalized spacial score (nSPS) is 11.9. The highest BCUT2D eigenvalue weighted by Crippen LogP contribution is 2.13. The van der Waals surface area contributed by atoms with E-state index in [1.54, 1.807) is 0 Å².